The first kappa shape index (κ1) is 14.8. The molecule has 0 bridgehead atoms. The van der Waals surface area contributed by atoms with E-state index in [4.69, 9.17) is 4.74 Å². The van der Waals surface area contributed by atoms with Gasteiger partial charge in [0, 0.05) is 13.5 Å². The Hall–Kier alpha value is -1.11. The molecule has 0 saturated heterocycles. The summed E-state index contributed by atoms with van der Waals surface area (Å²) in [6, 6.07) is 4.68. The topological polar surface area (TPSA) is 66.8 Å². The van der Waals surface area contributed by atoms with E-state index in [0.29, 0.717) is 19.4 Å². The average Bonchev–Trinajstić information content (AvgIpc) is 2.94. The first-order valence-corrected chi connectivity index (χ1v) is 8.86. The van der Waals surface area contributed by atoms with Gasteiger partial charge in [-0.25, -0.2) is 8.42 Å². The van der Waals surface area contributed by atoms with Crippen LogP contribution in [0.4, 0.5) is 0 Å². The number of rotatable bonds is 3. The largest absolute Gasteiger partial charge is 0.493 e. The second kappa shape index (κ2) is 5.59. The van der Waals surface area contributed by atoms with Crippen molar-refractivity contribution in [3.05, 3.63) is 23.8 Å². The number of ether oxygens (including phenoxy) is 1. The van der Waals surface area contributed by atoms with Crippen LogP contribution in [0.15, 0.2) is 23.1 Å². The van der Waals surface area contributed by atoms with Crippen LogP contribution >= 0.6 is 0 Å². The average molecular weight is 311 g/mol. The summed E-state index contributed by atoms with van der Waals surface area (Å²) in [6.07, 6.45) is 3.47. The Morgan fingerprint density at radius 1 is 1.29 bits per heavy atom. The lowest BCUT2D eigenvalue weighted by Crippen LogP contribution is -2.46. The number of nitrogens with zero attached hydrogens (tertiary/aromatic N) is 1. The molecule has 0 amide bonds. The fourth-order valence-corrected chi connectivity index (χ4v) is 4.65. The highest BCUT2D eigenvalue weighted by atomic mass is 32.2. The van der Waals surface area contributed by atoms with Crippen molar-refractivity contribution in [1.82, 2.24) is 4.31 Å². The molecule has 0 radical (unpaired) electrons. The Labute approximate surface area is 125 Å². The zero-order valence-corrected chi connectivity index (χ0v) is 13.0. The molecular weight excluding hydrogens is 290 g/mol. The van der Waals surface area contributed by atoms with Crippen molar-refractivity contribution < 1.29 is 18.3 Å². The summed E-state index contributed by atoms with van der Waals surface area (Å²) < 4.78 is 32.3. The fraction of sp³-hybridized carbons (Fsp3) is 0.600. The SMILES string of the molecule is CN(C1CCCCC1O)S(=O)(=O)c1ccc2c(c1)CCO2. The van der Waals surface area contributed by atoms with Crippen molar-refractivity contribution in [1.29, 1.82) is 0 Å². The normalized spacial score (nSPS) is 25.7. The molecule has 1 fully saturated rings. The van der Waals surface area contributed by atoms with Gasteiger partial charge in [-0.2, -0.15) is 4.31 Å². The van der Waals surface area contributed by atoms with Crippen molar-refractivity contribution in [2.75, 3.05) is 13.7 Å². The molecule has 2 atom stereocenters. The summed E-state index contributed by atoms with van der Waals surface area (Å²) in [7, 11) is -2.01. The third-order valence-corrected chi connectivity index (χ3v) is 6.38. The second-order valence-electron chi connectivity index (χ2n) is 5.81. The third kappa shape index (κ3) is 2.67. The van der Waals surface area contributed by atoms with Gasteiger partial charge in [0.15, 0.2) is 0 Å². The molecule has 1 aliphatic carbocycles. The Kier molecular flexibility index (Phi) is 3.94. The molecule has 1 aromatic carbocycles. The fourth-order valence-electron chi connectivity index (χ4n) is 3.18. The molecule has 1 N–H and O–H groups in total. The van der Waals surface area contributed by atoms with Crippen molar-refractivity contribution in [3.8, 4) is 5.75 Å². The molecule has 0 spiro atoms. The Balaban J connectivity index is 1.89. The maximum atomic E-state index is 12.8. The first-order chi connectivity index (χ1) is 10.00. The molecule has 5 nitrogen and oxygen atoms in total. The quantitative estimate of drug-likeness (QED) is 0.919. The van der Waals surface area contributed by atoms with Gasteiger partial charge in [-0.3, -0.25) is 0 Å². The Morgan fingerprint density at radius 2 is 2.05 bits per heavy atom. The Morgan fingerprint density at radius 3 is 2.81 bits per heavy atom. The molecule has 2 aliphatic rings. The van der Waals surface area contributed by atoms with Gasteiger partial charge in [-0.1, -0.05) is 12.8 Å². The van der Waals surface area contributed by atoms with Crippen LogP contribution in [0, 0.1) is 0 Å². The van der Waals surface area contributed by atoms with E-state index in [0.717, 1.165) is 30.6 Å². The van der Waals surface area contributed by atoms with Crippen LogP contribution in [-0.2, 0) is 16.4 Å². The van der Waals surface area contributed by atoms with E-state index in [9.17, 15) is 13.5 Å². The molecule has 1 heterocycles. The maximum Gasteiger partial charge on any atom is 0.243 e. The van der Waals surface area contributed by atoms with E-state index in [-0.39, 0.29) is 10.9 Å². The van der Waals surface area contributed by atoms with Crippen molar-refractivity contribution >= 4 is 10.0 Å². The molecule has 116 valence electrons. The molecule has 0 aromatic heterocycles. The van der Waals surface area contributed by atoms with Crippen LogP contribution in [0.2, 0.25) is 0 Å². The van der Waals surface area contributed by atoms with Crippen LogP contribution in [0.25, 0.3) is 0 Å². The summed E-state index contributed by atoms with van der Waals surface area (Å²) in [6.45, 7) is 0.607. The van der Waals surface area contributed by atoms with Crippen LogP contribution in [0.5, 0.6) is 5.75 Å². The van der Waals surface area contributed by atoms with E-state index in [2.05, 4.69) is 0 Å². The van der Waals surface area contributed by atoms with Gasteiger partial charge >= 0.3 is 0 Å². The number of sulfonamides is 1. The van der Waals surface area contributed by atoms with Crippen molar-refractivity contribution in [2.24, 2.45) is 0 Å². The molecule has 2 unspecified atom stereocenters. The lowest BCUT2D eigenvalue weighted by molar-refractivity contribution is 0.0638. The van der Waals surface area contributed by atoms with E-state index in [1.165, 1.54) is 4.31 Å². The van der Waals surface area contributed by atoms with Crippen LogP contribution in [0.1, 0.15) is 31.2 Å². The summed E-state index contributed by atoms with van der Waals surface area (Å²) in [5, 5.41) is 10.1. The minimum absolute atomic E-state index is 0.284. The number of hydrogen-bond donors (Lipinski definition) is 1. The molecule has 21 heavy (non-hydrogen) atoms. The van der Waals surface area contributed by atoms with E-state index < -0.39 is 16.1 Å². The van der Waals surface area contributed by atoms with E-state index in [1.807, 2.05) is 0 Å². The zero-order valence-electron chi connectivity index (χ0n) is 12.2. The monoisotopic (exact) mass is 311 g/mol. The summed E-state index contributed by atoms with van der Waals surface area (Å²) >= 11 is 0. The van der Waals surface area contributed by atoms with E-state index in [1.54, 1.807) is 25.2 Å². The lowest BCUT2D eigenvalue weighted by Gasteiger charge is -2.34. The predicted octanol–water partition coefficient (Wildman–Crippen LogP) is 1.55. The number of aliphatic hydroxyl groups is 1. The predicted molar refractivity (Wildman–Crippen MR) is 78.9 cm³/mol. The van der Waals surface area contributed by atoms with Gasteiger partial charge in [-0.15, -0.1) is 0 Å². The molecule has 1 aromatic rings. The minimum Gasteiger partial charge on any atom is -0.493 e. The second-order valence-corrected chi connectivity index (χ2v) is 7.81. The zero-order chi connectivity index (χ0) is 15.0. The maximum absolute atomic E-state index is 12.8. The highest BCUT2D eigenvalue weighted by Crippen LogP contribution is 2.31. The standard InChI is InChI=1S/C15H21NO4S/c1-16(13-4-2-3-5-14(13)17)21(18,19)12-6-7-15-11(10-12)8-9-20-15/h6-7,10,13-14,17H,2-5,8-9H2,1H3. The van der Waals surface area contributed by atoms with Crippen LogP contribution in [-0.4, -0.2) is 43.6 Å². The lowest BCUT2D eigenvalue weighted by atomic mass is 9.93. The number of aliphatic hydroxyl groups excluding tert-OH is 1. The first-order valence-electron chi connectivity index (χ1n) is 7.42. The molecule has 1 saturated carbocycles. The highest BCUT2D eigenvalue weighted by molar-refractivity contribution is 7.89. The summed E-state index contributed by atoms with van der Waals surface area (Å²) in [4.78, 5) is 0.284. The molecular formula is C15H21NO4S. The van der Waals surface area contributed by atoms with E-state index >= 15 is 0 Å². The van der Waals surface area contributed by atoms with Gasteiger partial charge in [0.2, 0.25) is 10.0 Å². The van der Waals surface area contributed by atoms with Crippen molar-refractivity contribution in [2.45, 2.75) is 49.1 Å². The van der Waals surface area contributed by atoms with Crippen LogP contribution in [0.3, 0.4) is 0 Å². The molecule has 6 heteroatoms. The van der Waals surface area contributed by atoms with Gasteiger partial charge in [0.05, 0.1) is 23.6 Å². The number of hydrogen-bond acceptors (Lipinski definition) is 4. The minimum atomic E-state index is -3.58. The van der Waals surface area contributed by atoms with Gasteiger partial charge < -0.3 is 9.84 Å². The molecule has 1 aliphatic heterocycles. The highest BCUT2D eigenvalue weighted by Gasteiger charge is 2.34. The van der Waals surface area contributed by atoms with Crippen LogP contribution < -0.4 is 4.74 Å². The van der Waals surface area contributed by atoms with Gasteiger partial charge in [-0.05, 0) is 36.6 Å². The molecule has 3 rings (SSSR count). The smallest absolute Gasteiger partial charge is 0.243 e. The number of benzene rings is 1. The van der Waals surface area contributed by atoms with Gasteiger partial charge in [0.1, 0.15) is 5.75 Å². The third-order valence-electron chi connectivity index (χ3n) is 4.50. The Bertz CT molecular complexity index is 629. The summed E-state index contributed by atoms with van der Waals surface area (Å²) in [5.74, 6) is 0.773. The van der Waals surface area contributed by atoms with Crippen molar-refractivity contribution in [3.63, 3.8) is 0 Å². The number of fused-ring (bicyclic) bond motifs is 1. The van der Waals surface area contributed by atoms with Gasteiger partial charge in [0.25, 0.3) is 0 Å². The summed E-state index contributed by atoms with van der Waals surface area (Å²) in [5.41, 5.74) is 0.939. The number of likely N-dealkylation sites (N-methyl/N-ethyl adjacent to an activating group) is 1.